The number of carboxylic acids is 1. The maximum Gasteiger partial charge on any atom is 0.408 e. The second-order valence-electron chi connectivity index (χ2n) is 9.82. The summed E-state index contributed by atoms with van der Waals surface area (Å²) < 4.78 is 35.7. The molecule has 0 unspecified atom stereocenters. The molecule has 0 saturated heterocycles. The number of carboxylic acid groups (broad SMARTS) is 1. The first-order valence-corrected chi connectivity index (χ1v) is 13.0. The van der Waals surface area contributed by atoms with Gasteiger partial charge >= 0.3 is 18.0 Å². The fraction of sp³-hybridized carbons (Fsp3) is 0.556. The Hall–Kier alpha value is -4.10. The van der Waals surface area contributed by atoms with Crippen LogP contribution >= 0.6 is 0 Å². The van der Waals surface area contributed by atoms with Crippen molar-refractivity contribution in [3.05, 3.63) is 35.4 Å². The fourth-order valence-corrected chi connectivity index (χ4v) is 3.67. The van der Waals surface area contributed by atoms with Crippen LogP contribution in [0.3, 0.4) is 0 Å². The van der Waals surface area contributed by atoms with Crippen molar-refractivity contribution in [3.8, 4) is 0 Å². The van der Waals surface area contributed by atoms with E-state index in [4.69, 9.17) is 9.84 Å². The zero-order valence-electron chi connectivity index (χ0n) is 23.6. The SMILES string of the molecule is CC[C@H](C)[C@H](NC(=O)OCc1ccc(C(=O)OC)cc1)C(=O)N[C@@H](CC(C)C)C(=O)N[C@@H](CC(F)F)C(=O)C(=O)O. The lowest BCUT2D eigenvalue weighted by molar-refractivity contribution is -0.151. The van der Waals surface area contributed by atoms with Crippen LogP contribution in [0.2, 0.25) is 0 Å². The van der Waals surface area contributed by atoms with E-state index >= 15 is 0 Å². The fourth-order valence-electron chi connectivity index (χ4n) is 3.67. The molecule has 0 saturated carbocycles. The first kappa shape index (κ1) is 34.9. The summed E-state index contributed by atoms with van der Waals surface area (Å²) in [6.45, 7) is 6.73. The Morgan fingerprint density at radius 1 is 0.878 bits per heavy atom. The number of hydrogen-bond donors (Lipinski definition) is 4. The topological polar surface area (TPSA) is 177 Å². The van der Waals surface area contributed by atoms with Crippen molar-refractivity contribution >= 4 is 35.6 Å². The lowest BCUT2D eigenvalue weighted by Crippen LogP contribution is -2.58. The van der Waals surface area contributed by atoms with Gasteiger partial charge in [-0.2, -0.15) is 0 Å². The number of ether oxygens (including phenoxy) is 2. The molecule has 12 nitrogen and oxygen atoms in total. The van der Waals surface area contributed by atoms with Crippen molar-refractivity contribution in [2.75, 3.05) is 7.11 Å². The highest BCUT2D eigenvalue weighted by molar-refractivity contribution is 6.35. The molecule has 4 N–H and O–H groups in total. The molecule has 0 aliphatic rings. The van der Waals surface area contributed by atoms with E-state index < -0.39 is 72.5 Å². The molecule has 1 aromatic rings. The number of methoxy groups -OCH3 is 1. The Bertz CT molecular complexity index is 1080. The molecule has 1 rings (SSSR count). The molecular weight excluding hydrogens is 548 g/mol. The standard InChI is InChI=1S/C27H37F2N3O9/c1-6-15(4)21(32-27(39)41-13-16-7-9-17(10-8-16)26(38)40-5)24(35)31-19(11-14(2)3)23(34)30-18(12-20(28)29)22(33)25(36)37/h7-10,14-15,18-21H,6,11-13H2,1-5H3,(H,30,34)(H,31,35)(H,32,39)(H,36,37)/t15-,18-,19-,21-/m0/s1. The predicted molar refractivity (Wildman–Crippen MR) is 141 cm³/mol. The van der Waals surface area contributed by atoms with E-state index in [1.807, 2.05) is 5.32 Å². The van der Waals surface area contributed by atoms with Gasteiger partial charge in [0.2, 0.25) is 18.2 Å². The van der Waals surface area contributed by atoms with Gasteiger partial charge in [0, 0.05) is 6.42 Å². The quantitative estimate of drug-likeness (QED) is 0.168. The lowest BCUT2D eigenvalue weighted by atomic mass is 9.96. The number of carbonyl (C=O) groups excluding carboxylic acids is 5. The number of alkyl carbamates (subject to hydrolysis) is 1. The van der Waals surface area contributed by atoms with Crippen molar-refractivity contribution in [1.82, 2.24) is 16.0 Å². The smallest absolute Gasteiger partial charge is 0.408 e. The second-order valence-corrected chi connectivity index (χ2v) is 9.82. The van der Waals surface area contributed by atoms with Gasteiger partial charge in [0.25, 0.3) is 5.78 Å². The third-order valence-corrected chi connectivity index (χ3v) is 6.11. The highest BCUT2D eigenvalue weighted by Crippen LogP contribution is 2.13. The third kappa shape index (κ3) is 11.9. The van der Waals surface area contributed by atoms with Crippen LogP contribution in [-0.2, 0) is 35.3 Å². The number of amides is 3. The zero-order valence-corrected chi connectivity index (χ0v) is 23.6. The summed E-state index contributed by atoms with van der Waals surface area (Å²) in [6.07, 6.45) is -4.75. The van der Waals surface area contributed by atoms with Crippen molar-refractivity contribution in [1.29, 1.82) is 0 Å². The molecule has 0 aliphatic carbocycles. The monoisotopic (exact) mass is 585 g/mol. The molecule has 0 aliphatic heterocycles. The van der Waals surface area contributed by atoms with Crippen molar-refractivity contribution in [2.45, 2.75) is 78.1 Å². The molecule has 41 heavy (non-hydrogen) atoms. The minimum atomic E-state index is -3.07. The molecule has 0 bridgehead atoms. The van der Waals surface area contributed by atoms with Crippen LogP contribution in [0.25, 0.3) is 0 Å². The molecule has 3 amide bonds. The van der Waals surface area contributed by atoms with Crippen LogP contribution in [0.1, 0.15) is 62.9 Å². The van der Waals surface area contributed by atoms with Crippen molar-refractivity contribution in [2.24, 2.45) is 11.8 Å². The van der Waals surface area contributed by atoms with E-state index in [-0.39, 0.29) is 18.9 Å². The van der Waals surface area contributed by atoms with Gasteiger partial charge in [-0.1, -0.05) is 46.2 Å². The number of aliphatic carboxylic acids is 1. The summed E-state index contributed by atoms with van der Waals surface area (Å²) in [6, 6.07) is 1.64. The minimum absolute atomic E-state index is 0.0273. The highest BCUT2D eigenvalue weighted by Gasteiger charge is 2.34. The van der Waals surface area contributed by atoms with Gasteiger partial charge in [0.05, 0.1) is 12.7 Å². The first-order valence-electron chi connectivity index (χ1n) is 13.0. The summed E-state index contributed by atoms with van der Waals surface area (Å²) in [4.78, 5) is 73.1. The molecule has 4 atom stereocenters. The van der Waals surface area contributed by atoms with E-state index in [2.05, 4.69) is 15.4 Å². The number of halogens is 2. The first-order chi connectivity index (χ1) is 19.2. The predicted octanol–water partition coefficient (Wildman–Crippen LogP) is 2.44. The van der Waals surface area contributed by atoms with E-state index in [9.17, 15) is 37.5 Å². The number of hydrogen-bond acceptors (Lipinski definition) is 8. The normalized spacial score (nSPS) is 13.9. The molecule has 0 spiro atoms. The Morgan fingerprint density at radius 3 is 1.95 bits per heavy atom. The van der Waals surface area contributed by atoms with Crippen LogP contribution in [-0.4, -0.2) is 72.4 Å². The Morgan fingerprint density at radius 2 is 1.46 bits per heavy atom. The maximum atomic E-state index is 13.2. The van der Waals surface area contributed by atoms with Gasteiger partial charge in [0.15, 0.2) is 0 Å². The van der Waals surface area contributed by atoms with Gasteiger partial charge in [0.1, 0.15) is 24.7 Å². The van der Waals surface area contributed by atoms with E-state index in [0.29, 0.717) is 17.5 Å². The number of alkyl halides is 2. The summed E-state index contributed by atoms with van der Waals surface area (Å²) in [5.74, 6) is -6.53. The molecule has 14 heteroatoms. The Kier molecular flexibility index (Phi) is 14.4. The molecule has 0 aromatic heterocycles. The van der Waals surface area contributed by atoms with Crippen LogP contribution in [0, 0.1) is 11.8 Å². The van der Waals surface area contributed by atoms with Crippen LogP contribution in [0.4, 0.5) is 13.6 Å². The highest BCUT2D eigenvalue weighted by atomic mass is 19.3. The molecule has 0 fully saturated rings. The Balaban J connectivity index is 2.98. The second kappa shape index (κ2) is 16.9. The number of ketones is 1. The van der Waals surface area contributed by atoms with E-state index in [1.165, 1.54) is 19.2 Å². The summed E-state index contributed by atoms with van der Waals surface area (Å²) in [7, 11) is 1.25. The van der Waals surface area contributed by atoms with E-state index in [1.54, 1.807) is 39.8 Å². The van der Waals surface area contributed by atoms with Crippen LogP contribution in [0.15, 0.2) is 24.3 Å². The number of nitrogens with one attached hydrogen (secondary N) is 3. The molecular formula is C27H37F2N3O9. The number of carbonyl (C=O) groups is 6. The summed E-state index contributed by atoms with van der Waals surface area (Å²) in [5.41, 5.74) is 0.863. The van der Waals surface area contributed by atoms with Crippen LogP contribution in [0.5, 0.6) is 0 Å². The molecule has 1 aromatic carbocycles. The van der Waals surface area contributed by atoms with Crippen LogP contribution < -0.4 is 16.0 Å². The summed E-state index contributed by atoms with van der Waals surface area (Å²) >= 11 is 0. The number of benzene rings is 1. The average molecular weight is 586 g/mol. The van der Waals surface area contributed by atoms with Gasteiger partial charge in [-0.05, 0) is 36.0 Å². The van der Waals surface area contributed by atoms with Gasteiger partial charge in [-0.15, -0.1) is 0 Å². The summed E-state index contributed by atoms with van der Waals surface area (Å²) in [5, 5.41) is 15.9. The van der Waals surface area contributed by atoms with Crippen molar-refractivity contribution in [3.63, 3.8) is 0 Å². The van der Waals surface area contributed by atoms with Gasteiger partial charge in [-0.25, -0.2) is 23.2 Å². The zero-order chi connectivity index (χ0) is 31.3. The van der Waals surface area contributed by atoms with Gasteiger partial charge < -0.3 is 30.5 Å². The van der Waals surface area contributed by atoms with Gasteiger partial charge in [-0.3, -0.25) is 14.4 Å². The van der Waals surface area contributed by atoms with Crippen molar-refractivity contribution < 1.29 is 52.1 Å². The lowest BCUT2D eigenvalue weighted by Gasteiger charge is -2.27. The number of rotatable bonds is 16. The molecule has 228 valence electrons. The average Bonchev–Trinajstić information content (AvgIpc) is 2.92. The van der Waals surface area contributed by atoms with E-state index in [0.717, 1.165) is 0 Å². The largest absolute Gasteiger partial charge is 0.475 e. The molecule has 0 radical (unpaired) electrons. The molecule has 0 heterocycles. The third-order valence-electron chi connectivity index (χ3n) is 6.11. The Labute approximate surface area is 236 Å². The minimum Gasteiger partial charge on any atom is -0.475 e. The maximum absolute atomic E-state index is 13.2. The number of Topliss-reactive ketones (excluding diaryl/α,β-unsaturated/α-hetero) is 1. The number of esters is 1.